The van der Waals surface area contributed by atoms with Crippen LogP contribution in [0.4, 0.5) is 10.5 Å². The lowest BCUT2D eigenvalue weighted by atomic mass is 9.99. The van der Waals surface area contributed by atoms with Gasteiger partial charge >= 0.3 is 6.03 Å². The number of nitrogens with zero attached hydrogens (tertiary/aromatic N) is 4. The molecule has 2 N–H and O–H groups in total. The lowest BCUT2D eigenvalue weighted by Gasteiger charge is -2.23. The fourth-order valence-electron chi connectivity index (χ4n) is 2.50. The van der Waals surface area contributed by atoms with Crippen LogP contribution < -0.4 is 10.6 Å². The van der Waals surface area contributed by atoms with Crippen molar-refractivity contribution in [3.05, 3.63) is 30.6 Å². The van der Waals surface area contributed by atoms with Gasteiger partial charge in [-0.25, -0.2) is 9.78 Å². The Balaban J connectivity index is 1.47. The lowest BCUT2D eigenvalue weighted by molar-refractivity contribution is 0.247. The van der Waals surface area contributed by atoms with E-state index in [4.69, 9.17) is 0 Å². The Hall–Kier alpha value is -2.31. The summed E-state index contributed by atoms with van der Waals surface area (Å²) in [5, 5.41) is 9.68. The van der Waals surface area contributed by atoms with Gasteiger partial charge < -0.3 is 15.2 Å². The summed E-state index contributed by atoms with van der Waals surface area (Å²) < 4.78 is 3.81. The summed E-state index contributed by atoms with van der Waals surface area (Å²) in [5.41, 5.74) is 0.700. The molecule has 0 radical (unpaired) electrons. The maximum Gasteiger partial charge on any atom is 0.319 e. The second-order valence-electron chi connectivity index (χ2n) is 5.14. The maximum absolute atomic E-state index is 11.8. The van der Waals surface area contributed by atoms with Gasteiger partial charge in [-0.1, -0.05) is 0 Å². The number of carbonyl (C=O) groups is 1. The van der Waals surface area contributed by atoms with Crippen LogP contribution in [0.25, 0.3) is 0 Å². The Bertz CT molecular complexity index is 602. The summed E-state index contributed by atoms with van der Waals surface area (Å²) in [6.07, 6.45) is 9.25. The quantitative estimate of drug-likeness (QED) is 0.876. The number of carbonyl (C=O) groups excluding carboxylic acids is 1. The van der Waals surface area contributed by atoms with E-state index < -0.39 is 0 Å². The molecule has 1 atom stereocenters. The lowest BCUT2D eigenvalue weighted by Crippen LogP contribution is -2.36. The fraction of sp³-hybridized carbons (Fsp3) is 0.462. The van der Waals surface area contributed by atoms with Crippen molar-refractivity contribution in [2.45, 2.75) is 19.4 Å². The Kier molecular flexibility index (Phi) is 3.41. The number of amides is 2. The van der Waals surface area contributed by atoms with E-state index >= 15 is 0 Å². The predicted octanol–water partition coefficient (Wildman–Crippen LogP) is 1.00. The number of rotatable bonds is 3. The monoisotopic (exact) mass is 274 g/mol. The van der Waals surface area contributed by atoms with E-state index in [1.165, 1.54) is 0 Å². The van der Waals surface area contributed by atoms with E-state index in [1.54, 1.807) is 17.1 Å². The molecule has 7 nitrogen and oxygen atoms in total. The van der Waals surface area contributed by atoms with Gasteiger partial charge in [0.1, 0.15) is 5.82 Å². The van der Waals surface area contributed by atoms with E-state index in [1.807, 2.05) is 19.4 Å². The molecule has 3 heterocycles. The van der Waals surface area contributed by atoms with E-state index in [9.17, 15) is 4.79 Å². The van der Waals surface area contributed by atoms with Gasteiger partial charge in [-0.3, -0.25) is 4.68 Å². The van der Waals surface area contributed by atoms with Crippen LogP contribution in [0.2, 0.25) is 0 Å². The van der Waals surface area contributed by atoms with Crippen LogP contribution in [0.3, 0.4) is 0 Å². The van der Waals surface area contributed by atoms with E-state index in [0.29, 0.717) is 18.2 Å². The first-order chi connectivity index (χ1) is 9.70. The largest absolute Gasteiger partial charge is 0.338 e. The molecule has 0 spiro atoms. The summed E-state index contributed by atoms with van der Waals surface area (Å²) in [7, 11) is 1.81. The van der Waals surface area contributed by atoms with Gasteiger partial charge in [0.05, 0.1) is 11.9 Å². The van der Waals surface area contributed by atoms with Gasteiger partial charge in [-0.15, -0.1) is 0 Å². The van der Waals surface area contributed by atoms with Crippen molar-refractivity contribution < 1.29 is 4.79 Å². The van der Waals surface area contributed by atoms with Crippen LogP contribution in [-0.2, 0) is 20.0 Å². The first kappa shape index (κ1) is 12.7. The molecule has 2 aromatic rings. The average molecular weight is 274 g/mol. The van der Waals surface area contributed by atoms with Crippen molar-refractivity contribution in [3.63, 3.8) is 0 Å². The van der Waals surface area contributed by atoms with Crippen LogP contribution in [0.5, 0.6) is 0 Å². The van der Waals surface area contributed by atoms with Gasteiger partial charge in [-0.05, 0) is 12.3 Å². The molecule has 0 aliphatic carbocycles. The molecule has 7 heteroatoms. The third-order valence-corrected chi connectivity index (χ3v) is 3.55. The first-order valence-electron chi connectivity index (χ1n) is 6.74. The molecule has 0 unspecified atom stereocenters. The maximum atomic E-state index is 11.8. The van der Waals surface area contributed by atoms with Crippen LogP contribution in [0, 0.1) is 5.92 Å². The molecule has 0 saturated carbocycles. The molecule has 0 bridgehead atoms. The van der Waals surface area contributed by atoms with Crippen LogP contribution in [0.1, 0.15) is 12.2 Å². The SMILES string of the molecule is Cn1cc(NC(=O)NC[C@H]2CCc3nccn3C2)cn1. The molecule has 0 saturated heterocycles. The van der Waals surface area contributed by atoms with Crippen molar-refractivity contribution in [2.75, 3.05) is 11.9 Å². The highest BCUT2D eigenvalue weighted by atomic mass is 16.2. The molecule has 1 aliphatic rings. The Labute approximate surface area is 117 Å². The highest BCUT2D eigenvalue weighted by Crippen LogP contribution is 2.17. The van der Waals surface area contributed by atoms with Gasteiger partial charge in [0.25, 0.3) is 0 Å². The highest BCUT2D eigenvalue weighted by molar-refractivity contribution is 5.88. The fourth-order valence-corrected chi connectivity index (χ4v) is 2.50. The summed E-state index contributed by atoms with van der Waals surface area (Å²) in [4.78, 5) is 16.1. The number of anilines is 1. The molecule has 106 valence electrons. The number of hydrogen-bond donors (Lipinski definition) is 2. The first-order valence-corrected chi connectivity index (χ1v) is 6.74. The number of fused-ring (bicyclic) bond motifs is 1. The van der Waals surface area contributed by atoms with Gasteiger partial charge in [-0.2, -0.15) is 5.10 Å². The Morgan fingerprint density at radius 2 is 2.45 bits per heavy atom. The minimum absolute atomic E-state index is 0.186. The zero-order valence-electron chi connectivity index (χ0n) is 11.4. The zero-order chi connectivity index (χ0) is 13.9. The smallest absolute Gasteiger partial charge is 0.319 e. The highest BCUT2D eigenvalue weighted by Gasteiger charge is 2.19. The van der Waals surface area contributed by atoms with Gasteiger partial charge in [0, 0.05) is 45.1 Å². The van der Waals surface area contributed by atoms with Crippen molar-refractivity contribution in [1.82, 2.24) is 24.6 Å². The molecule has 1 aliphatic heterocycles. The minimum atomic E-state index is -0.186. The number of urea groups is 1. The minimum Gasteiger partial charge on any atom is -0.338 e. The summed E-state index contributed by atoms with van der Waals surface area (Å²) in [6.45, 7) is 1.59. The van der Waals surface area contributed by atoms with Crippen LogP contribution >= 0.6 is 0 Å². The molecule has 2 aromatic heterocycles. The van der Waals surface area contributed by atoms with Gasteiger partial charge in [0.15, 0.2) is 0 Å². The molecule has 0 aromatic carbocycles. The van der Waals surface area contributed by atoms with Crippen molar-refractivity contribution in [1.29, 1.82) is 0 Å². The van der Waals surface area contributed by atoms with E-state index in [0.717, 1.165) is 25.2 Å². The normalized spacial score (nSPS) is 17.6. The number of imidazole rings is 1. The molecular formula is C13H18N6O. The van der Waals surface area contributed by atoms with E-state index in [2.05, 4.69) is 25.3 Å². The zero-order valence-corrected chi connectivity index (χ0v) is 11.4. The molecular weight excluding hydrogens is 256 g/mol. The van der Waals surface area contributed by atoms with Crippen molar-refractivity contribution >= 4 is 11.7 Å². The Morgan fingerprint density at radius 3 is 3.25 bits per heavy atom. The summed E-state index contributed by atoms with van der Waals surface area (Å²) in [5.74, 6) is 1.59. The third-order valence-electron chi connectivity index (χ3n) is 3.55. The molecule has 3 rings (SSSR count). The van der Waals surface area contributed by atoms with Crippen molar-refractivity contribution in [2.24, 2.45) is 13.0 Å². The average Bonchev–Trinajstić information content (AvgIpc) is 3.04. The van der Waals surface area contributed by atoms with Crippen molar-refractivity contribution in [3.8, 4) is 0 Å². The number of aromatic nitrogens is 4. The second kappa shape index (κ2) is 5.36. The van der Waals surface area contributed by atoms with Crippen LogP contribution in [0.15, 0.2) is 24.8 Å². The topological polar surface area (TPSA) is 76.8 Å². The third kappa shape index (κ3) is 2.81. The molecule has 20 heavy (non-hydrogen) atoms. The molecule has 0 fully saturated rings. The van der Waals surface area contributed by atoms with Gasteiger partial charge in [0.2, 0.25) is 0 Å². The van der Waals surface area contributed by atoms with E-state index in [-0.39, 0.29) is 6.03 Å². The summed E-state index contributed by atoms with van der Waals surface area (Å²) >= 11 is 0. The summed E-state index contributed by atoms with van der Waals surface area (Å²) in [6, 6.07) is -0.186. The number of hydrogen-bond acceptors (Lipinski definition) is 3. The number of aryl methyl sites for hydroxylation is 2. The molecule has 2 amide bonds. The van der Waals surface area contributed by atoms with Crippen LogP contribution in [-0.4, -0.2) is 31.9 Å². The predicted molar refractivity (Wildman–Crippen MR) is 74.3 cm³/mol. The second-order valence-corrected chi connectivity index (χ2v) is 5.14. The Morgan fingerprint density at radius 1 is 1.55 bits per heavy atom. The standard InChI is InChI=1S/C13H18N6O/c1-18-9-11(7-16-18)17-13(20)15-6-10-2-3-12-14-4-5-19(12)8-10/h4-5,7,9-10H,2-3,6,8H2,1H3,(H2,15,17,20)/t10-/m1/s1. The number of nitrogens with one attached hydrogen (secondary N) is 2.